The molecule has 1 fully saturated rings. The lowest BCUT2D eigenvalue weighted by atomic mass is 10.1. The zero-order valence-electron chi connectivity index (χ0n) is 10.9. The van der Waals surface area contributed by atoms with Crippen LogP contribution in [0.1, 0.15) is 30.4 Å². The van der Waals surface area contributed by atoms with Crippen LogP contribution in [0, 0.1) is 5.92 Å². The first kappa shape index (κ1) is 15.2. The third kappa shape index (κ3) is 3.67. The summed E-state index contributed by atoms with van der Waals surface area (Å²) in [6.07, 6.45) is -1.65. The van der Waals surface area contributed by atoms with Crippen LogP contribution < -0.4 is 0 Å². The van der Waals surface area contributed by atoms with E-state index in [4.69, 9.17) is 16.7 Å². The van der Waals surface area contributed by atoms with E-state index < -0.39 is 12.4 Å². The number of carboxylic acid groups (broad SMARTS) is 1. The number of hydrogen-bond acceptors (Lipinski definition) is 2. The maximum Gasteiger partial charge on any atom is 0.303 e. The second kappa shape index (κ2) is 6.50. The van der Waals surface area contributed by atoms with Gasteiger partial charge in [0, 0.05) is 30.1 Å². The minimum atomic E-state index is -2.55. The van der Waals surface area contributed by atoms with E-state index in [9.17, 15) is 13.6 Å². The molecule has 110 valence electrons. The normalized spacial score (nSPS) is 19.7. The maximum absolute atomic E-state index is 13.0. The molecule has 0 radical (unpaired) electrons. The van der Waals surface area contributed by atoms with Gasteiger partial charge in [0.25, 0.3) is 6.43 Å². The fourth-order valence-corrected chi connectivity index (χ4v) is 2.88. The summed E-state index contributed by atoms with van der Waals surface area (Å²) in [6.45, 7) is 1.67. The largest absolute Gasteiger partial charge is 0.481 e. The highest BCUT2D eigenvalue weighted by atomic mass is 35.5. The SMILES string of the molecule is O=C(O)C[C@@H]1CCN(Cc2c(Cl)cccc2C(F)F)C1. The van der Waals surface area contributed by atoms with Crippen LogP contribution in [0.15, 0.2) is 18.2 Å². The van der Waals surface area contributed by atoms with E-state index in [2.05, 4.69) is 0 Å². The maximum atomic E-state index is 13.0. The van der Waals surface area contributed by atoms with E-state index in [1.54, 1.807) is 6.07 Å². The van der Waals surface area contributed by atoms with Gasteiger partial charge in [-0.15, -0.1) is 0 Å². The average Bonchev–Trinajstić information content (AvgIpc) is 2.78. The highest BCUT2D eigenvalue weighted by Gasteiger charge is 2.26. The molecule has 0 amide bonds. The van der Waals surface area contributed by atoms with Crippen LogP contribution in [0.3, 0.4) is 0 Å². The number of nitrogens with zero attached hydrogens (tertiary/aromatic N) is 1. The number of aliphatic carboxylic acids is 1. The molecule has 1 atom stereocenters. The Balaban J connectivity index is 2.06. The number of likely N-dealkylation sites (tertiary alicyclic amines) is 1. The van der Waals surface area contributed by atoms with Gasteiger partial charge in [0.15, 0.2) is 0 Å². The monoisotopic (exact) mass is 303 g/mol. The fourth-order valence-electron chi connectivity index (χ4n) is 2.64. The Morgan fingerprint density at radius 3 is 2.90 bits per heavy atom. The Labute approximate surface area is 121 Å². The molecule has 0 bridgehead atoms. The van der Waals surface area contributed by atoms with E-state index >= 15 is 0 Å². The van der Waals surface area contributed by atoms with E-state index in [0.717, 1.165) is 6.42 Å². The van der Waals surface area contributed by atoms with Crippen molar-refractivity contribution in [3.63, 3.8) is 0 Å². The van der Waals surface area contributed by atoms with E-state index in [1.165, 1.54) is 12.1 Å². The van der Waals surface area contributed by atoms with E-state index in [0.29, 0.717) is 30.2 Å². The summed E-state index contributed by atoms with van der Waals surface area (Å²) >= 11 is 6.02. The van der Waals surface area contributed by atoms with Crippen LogP contribution in [0.25, 0.3) is 0 Å². The predicted molar refractivity (Wildman–Crippen MR) is 72.0 cm³/mol. The molecule has 3 nitrogen and oxygen atoms in total. The van der Waals surface area contributed by atoms with Crippen LogP contribution in [-0.2, 0) is 11.3 Å². The summed E-state index contributed by atoms with van der Waals surface area (Å²) < 4.78 is 26.0. The molecule has 1 N–H and O–H groups in total. The molecule has 1 aliphatic heterocycles. The number of carboxylic acids is 1. The Morgan fingerprint density at radius 2 is 2.25 bits per heavy atom. The van der Waals surface area contributed by atoms with Crippen molar-refractivity contribution in [2.75, 3.05) is 13.1 Å². The molecule has 1 aromatic rings. The van der Waals surface area contributed by atoms with Crippen molar-refractivity contribution in [3.05, 3.63) is 34.3 Å². The molecule has 0 saturated carbocycles. The molecule has 1 saturated heterocycles. The van der Waals surface area contributed by atoms with Crippen molar-refractivity contribution in [2.45, 2.75) is 25.8 Å². The Hall–Kier alpha value is -1.20. The van der Waals surface area contributed by atoms with Gasteiger partial charge in [0.05, 0.1) is 0 Å². The number of benzene rings is 1. The van der Waals surface area contributed by atoms with Crippen molar-refractivity contribution in [1.29, 1.82) is 0 Å². The third-order valence-corrected chi connectivity index (χ3v) is 3.96. The Morgan fingerprint density at radius 1 is 1.50 bits per heavy atom. The quantitative estimate of drug-likeness (QED) is 0.904. The third-order valence-electron chi connectivity index (χ3n) is 3.61. The molecule has 1 heterocycles. The molecule has 0 aliphatic carbocycles. The number of alkyl halides is 2. The predicted octanol–water partition coefficient (Wildman–Crippen LogP) is 3.57. The lowest BCUT2D eigenvalue weighted by Crippen LogP contribution is -2.22. The van der Waals surface area contributed by atoms with Crippen LogP contribution >= 0.6 is 11.6 Å². The van der Waals surface area contributed by atoms with Gasteiger partial charge in [-0.3, -0.25) is 9.69 Å². The first-order valence-electron chi connectivity index (χ1n) is 6.47. The molecule has 1 aliphatic rings. The van der Waals surface area contributed by atoms with Crippen molar-refractivity contribution < 1.29 is 18.7 Å². The molecular weight excluding hydrogens is 288 g/mol. The van der Waals surface area contributed by atoms with Crippen LogP contribution in [0.4, 0.5) is 8.78 Å². The highest BCUT2D eigenvalue weighted by Crippen LogP contribution is 2.31. The van der Waals surface area contributed by atoms with Gasteiger partial charge in [-0.2, -0.15) is 0 Å². The molecule has 6 heteroatoms. The van der Waals surface area contributed by atoms with Gasteiger partial charge in [0.2, 0.25) is 0 Å². The molecule has 2 rings (SSSR count). The summed E-state index contributed by atoms with van der Waals surface area (Å²) in [5.41, 5.74) is 0.402. The molecular formula is C14H16ClF2NO2. The standard InChI is InChI=1S/C14H16ClF2NO2/c15-12-3-1-2-10(14(16)17)11(12)8-18-5-4-9(7-18)6-13(19)20/h1-3,9,14H,4-8H2,(H,19,20)/t9-/m0/s1. The Bertz CT molecular complexity index is 496. The number of rotatable bonds is 5. The molecule has 0 unspecified atom stereocenters. The fraction of sp³-hybridized carbons (Fsp3) is 0.500. The molecule has 1 aromatic carbocycles. The van der Waals surface area contributed by atoms with Gasteiger partial charge in [-0.25, -0.2) is 8.78 Å². The lowest BCUT2D eigenvalue weighted by Gasteiger charge is -2.19. The summed E-state index contributed by atoms with van der Waals surface area (Å²) in [5.74, 6) is -0.729. The van der Waals surface area contributed by atoms with Gasteiger partial charge in [-0.05, 0) is 30.5 Å². The van der Waals surface area contributed by atoms with Crippen LogP contribution in [0.5, 0.6) is 0 Å². The van der Waals surface area contributed by atoms with Crippen molar-refractivity contribution in [2.24, 2.45) is 5.92 Å². The number of carbonyl (C=O) groups is 1. The minimum absolute atomic E-state index is 0.0424. The second-order valence-electron chi connectivity index (χ2n) is 5.10. The molecule has 0 aromatic heterocycles. The van der Waals surface area contributed by atoms with E-state index in [1.807, 2.05) is 4.90 Å². The summed E-state index contributed by atoms with van der Waals surface area (Å²) in [7, 11) is 0. The van der Waals surface area contributed by atoms with Crippen LogP contribution in [-0.4, -0.2) is 29.1 Å². The highest BCUT2D eigenvalue weighted by molar-refractivity contribution is 6.31. The molecule has 0 spiro atoms. The molecule has 20 heavy (non-hydrogen) atoms. The summed E-state index contributed by atoms with van der Waals surface area (Å²) in [4.78, 5) is 12.7. The first-order chi connectivity index (χ1) is 9.47. The minimum Gasteiger partial charge on any atom is -0.481 e. The Kier molecular flexibility index (Phi) is 4.94. The average molecular weight is 304 g/mol. The van der Waals surface area contributed by atoms with Gasteiger partial charge < -0.3 is 5.11 Å². The summed E-state index contributed by atoms with van der Waals surface area (Å²) in [5, 5.41) is 9.11. The smallest absolute Gasteiger partial charge is 0.303 e. The van der Waals surface area contributed by atoms with Gasteiger partial charge >= 0.3 is 5.97 Å². The van der Waals surface area contributed by atoms with Gasteiger partial charge in [-0.1, -0.05) is 23.7 Å². The van der Waals surface area contributed by atoms with Gasteiger partial charge in [0.1, 0.15) is 0 Å². The number of hydrogen-bond donors (Lipinski definition) is 1. The lowest BCUT2D eigenvalue weighted by molar-refractivity contribution is -0.138. The number of halogens is 3. The second-order valence-corrected chi connectivity index (χ2v) is 5.50. The zero-order chi connectivity index (χ0) is 14.7. The van der Waals surface area contributed by atoms with Crippen molar-refractivity contribution in [1.82, 2.24) is 4.90 Å². The van der Waals surface area contributed by atoms with Crippen LogP contribution in [0.2, 0.25) is 5.02 Å². The van der Waals surface area contributed by atoms with Crippen molar-refractivity contribution >= 4 is 17.6 Å². The zero-order valence-corrected chi connectivity index (χ0v) is 11.6. The van der Waals surface area contributed by atoms with Crippen molar-refractivity contribution in [3.8, 4) is 0 Å². The topological polar surface area (TPSA) is 40.5 Å². The first-order valence-corrected chi connectivity index (χ1v) is 6.84. The summed E-state index contributed by atoms with van der Waals surface area (Å²) in [6, 6.07) is 4.51. The van der Waals surface area contributed by atoms with E-state index in [-0.39, 0.29) is 17.9 Å².